The maximum Gasteiger partial charge on any atom is 0.137 e. The fourth-order valence-electron chi connectivity index (χ4n) is 2.31. The first-order valence-electron chi connectivity index (χ1n) is 6.05. The number of fused-ring (bicyclic) bond motifs is 1. The summed E-state index contributed by atoms with van der Waals surface area (Å²) in [4.78, 5) is 4.57. The van der Waals surface area contributed by atoms with Crippen LogP contribution in [0.3, 0.4) is 0 Å². The highest BCUT2D eigenvalue weighted by Crippen LogP contribution is 2.33. The zero-order valence-electron chi connectivity index (χ0n) is 9.69. The van der Waals surface area contributed by atoms with E-state index in [1.165, 1.54) is 19.3 Å². The number of alkyl halides is 1. The largest absolute Gasteiger partial charge is 0.307 e. The number of aromatic nitrogens is 2. The number of halogens is 1. The summed E-state index contributed by atoms with van der Waals surface area (Å²) in [6, 6.07) is 6.04. The van der Waals surface area contributed by atoms with E-state index >= 15 is 0 Å². The van der Waals surface area contributed by atoms with E-state index in [1.807, 2.05) is 28.8 Å². The van der Waals surface area contributed by atoms with Crippen LogP contribution in [0.15, 0.2) is 30.6 Å². The topological polar surface area (TPSA) is 29.3 Å². The Morgan fingerprint density at radius 1 is 1.41 bits per heavy atom. The first-order valence-corrected chi connectivity index (χ1v) is 6.58. The quantitative estimate of drug-likeness (QED) is 0.844. The molecule has 0 atom stereocenters. The van der Waals surface area contributed by atoms with Gasteiger partial charge in [0, 0.05) is 30.4 Å². The molecule has 3 nitrogen and oxygen atoms in total. The van der Waals surface area contributed by atoms with Gasteiger partial charge in [-0.2, -0.15) is 0 Å². The minimum Gasteiger partial charge on any atom is -0.307 e. The van der Waals surface area contributed by atoms with Crippen molar-refractivity contribution in [3.05, 3.63) is 36.3 Å². The Kier molecular flexibility index (Phi) is 2.81. The Labute approximate surface area is 106 Å². The van der Waals surface area contributed by atoms with Gasteiger partial charge in [0.25, 0.3) is 0 Å². The maximum atomic E-state index is 6.02. The van der Waals surface area contributed by atoms with E-state index in [4.69, 9.17) is 11.6 Å². The molecule has 0 amide bonds. The third kappa shape index (κ3) is 2.05. The molecule has 2 heterocycles. The summed E-state index contributed by atoms with van der Waals surface area (Å²) in [5, 5.41) is 3.55. The molecule has 0 aliphatic heterocycles. The van der Waals surface area contributed by atoms with Crippen molar-refractivity contribution >= 4 is 17.2 Å². The highest BCUT2D eigenvalue weighted by atomic mass is 35.5. The molecular weight excluding hydrogens is 234 g/mol. The van der Waals surface area contributed by atoms with E-state index < -0.39 is 0 Å². The van der Waals surface area contributed by atoms with Crippen molar-refractivity contribution in [2.24, 2.45) is 0 Å². The van der Waals surface area contributed by atoms with Gasteiger partial charge in [0.1, 0.15) is 5.65 Å². The van der Waals surface area contributed by atoms with E-state index in [9.17, 15) is 0 Å². The summed E-state index contributed by atoms with van der Waals surface area (Å²) >= 11 is 6.02. The van der Waals surface area contributed by atoms with Gasteiger partial charge in [-0.1, -0.05) is 6.07 Å². The van der Waals surface area contributed by atoms with E-state index in [-0.39, 0.29) is 5.54 Å². The molecule has 0 saturated heterocycles. The molecule has 0 aromatic carbocycles. The van der Waals surface area contributed by atoms with Crippen molar-refractivity contribution in [1.29, 1.82) is 0 Å². The predicted molar refractivity (Wildman–Crippen MR) is 69.3 cm³/mol. The van der Waals surface area contributed by atoms with E-state index in [0.29, 0.717) is 5.88 Å². The lowest BCUT2D eigenvalue weighted by Crippen LogP contribution is -2.52. The molecule has 0 unspecified atom stereocenters. The molecule has 2 aromatic heterocycles. The summed E-state index contributed by atoms with van der Waals surface area (Å²) in [6.45, 7) is 0.800. The number of hydrogen-bond donors (Lipinski definition) is 1. The lowest BCUT2D eigenvalue weighted by Gasteiger charge is -2.41. The third-order valence-corrected chi connectivity index (χ3v) is 4.14. The fraction of sp³-hybridized carbons (Fsp3) is 0.462. The average molecular weight is 250 g/mol. The lowest BCUT2D eigenvalue weighted by molar-refractivity contribution is 0.210. The van der Waals surface area contributed by atoms with Crippen LogP contribution in [-0.4, -0.2) is 20.8 Å². The van der Waals surface area contributed by atoms with Gasteiger partial charge in [-0.05, 0) is 31.4 Å². The molecule has 4 heteroatoms. The molecule has 1 fully saturated rings. The monoisotopic (exact) mass is 249 g/mol. The standard InChI is InChI=1S/C13H16ClN3/c14-10-13(5-3-6-13)15-8-11-9-17-7-2-1-4-12(17)16-11/h1-2,4,7,9,15H,3,5-6,8,10H2. The number of imidazole rings is 1. The van der Waals surface area contributed by atoms with Crippen molar-refractivity contribution in [2.45, 2.75) is 31.3 Å². The molecule has 1 saturated carbocycles. The lowest BCUT2D eigenvalue weighted by atomic mass is 9.78. The summed E-state index contributed by atoms with van der Waals surface area (Å²) in [6.07, 6.45) is 7.74. The van der Waals surface area contributed by atoms with Crippen molar-refractivity contribution in [2.75, 3.05) is 5.88 Å². The third-order valence-electron chi connectivity index (χ3n) is 3.62. The first-order chi connectivity index (χ1) is 8.31. The van der Waals surface area contributed by atoms with E-state index in [1.54, 1.807) is 0 Å². The van der Waals surface area contributed by atoms with Crippen LogP contribution < -0.4 is 5.32 Å². The smallest absolute Gasteiger partial charge is 0.137 e. The molecule has 0 bridgehead atoms. The Balaban J connectivity index is 1.72. The molecule has 17 heavy (non-hydrogen) atoms. The van der Waals surface area contributed by atoms with Gasteiger partial charge in [-0.3, -0.25) is 0 Å². The Morgan fingerprint density at radius 2 is 2.29 bits per heavy atom. The van der Waals surface area contributed by atoms with Crippen LogP contribution >= 0.6 is 11.6 Å². The minimum absolute atomic E-state index is 0.164. The Hall–Kier alpha value is -1.06. The Bertz CT molecular complexity index is 478. The van der Waals surface area contributed by atoms with Crippen molar-refractivity contribution < 1.29 is 0 Å². The van der Waals surface area contributed by atoms with Gasteiger partial charge in [0.15, 0.2) is 0 Å². The zero-order valence-corrected chi connectivity index (χ0v) is 10.5. The molecular formula is C13H16ClN3. The van der Waals surface area contributed by atoms with Crippen LogP contribution in [0.25, 0.3) is 5.65 Å². The van der Waals surface area contributed by atoms with Crippen molar-refractivity contribution in [3.8, 4) is 0 Å². The molecule has 2 aromatic rings. The highest BCUT2D eigenvalue weighted by Gasteiger charge is 2.35. The molecule has 1 aliphatic carbocycles. The van der Waals surface area contributed by atoms with Crippen molar-refractivity contribution in [1.82, 2.24) is 14.7 Å². The van der Waals surface area contributed by atoms with Crippen LogP contribution in [0.2, 0.25) is 0 Å². The van der Waals surface area contributed by atoms with Crippen LogP contribution in [0.4, 0.5) is 0 Å². The Morgan fingerprint density at radius 3 is 2.94 bits per heavy atom. The first kappa shape index (κ1) is 11.1. The number of nitrogens with one attached hydrogen (secondary N) is 1. The van der Waals surface area contributed by atoms with E-state index in [0.717, 1.165) is 17.9 Å². The maximum absolute atomic E-state index is 6.02. The summed E-state index contributed by atoms with van der Waals surface area (Å²) in [7, 11) is 0. The molecule has 3 rings (SSSR count). The van der Waals surface area contributed by atoms with Crippen molar-refractivity contribution in [3.63, 3.8) is 0 Å². The second-order valence-electron chi connectivity index (χ2n) is 4.82. The molecule has 1 aliphatic rings. The fourth-order valence-corrected chi connectivity index (χ4v) is 2.67. The van der Waals surface area contributed by atoms with Gasteiger partial charge < -0.3 is 9.72 Å². The normalized spacial score (nSPS) is 18.2. The number of hydrogen-bond acceptors (Lipinski definition) is 2. The summed E-state index contributed by atoms with van der Waals surface area (Å²) < 4.78 is 2.05. The van der Waals surface area contributed by atoms with Gasteiger partial charge in [-0.25, -0.2) is 4.98 Å². The molecule has 90 valence electrons. The van der Waals surface area contributed by atoms with Crippen LogP contribution in [0.1, 0.15) is 25.0 Å². The number of rotatable bonds is 4. The van der Waals surface area contributed by atoms with Gasteiger partial charge >= 0.3 is 0 Å². The minimum atomic E-state index is 0.164. The van der Waals surface area contributed by atoms with Crippen LogP contribution in [0, 0.1) is 0 Å². The average Bonchev–Trinajstić information content (AvgIpc) is 2.71. The molecule has 0 spiro atoms. The SMILES string of the molecule is ClCC1(NCc2cn3ccccc3n2)CCC1. The van der Waals surface area contributed by atoms with Crippen LogP contribution in [0.5, 0.6) is 0 Å². The zero-order chi connectivity index (χ0) is 11.7. The van der Waals surface area contributed by atoms with Gasteiger partial charge in [0.05, 0.1) is 5.69 Å². The second kappa shape index (κ2) is 4.31. The van der Waals surface area contributed by atoms with Gasteiger partial charge in [-0.15, -0.1) is 11.6 Å². The van der Waals surface area contributed by atoms with Crippen LogP contribution in [-0.2, 0) is 6.54 Å². The number of pyridine rings is 1. The predicted octanol–water partition coefficient (Wildman–Crippen LogP) is 2.59. The number of nitrogens with zero attached hydrogens (tertiary/aromatic N) is 2. The molecule has 1 N–H and O–H groups in total. The highest BCUT2D eigenvalue weighted by molar-refractivity contribution is 6.18. The summed E-state index contributed by atoms with van der Waals surface area (Å²) in [5.41, 5.74) is 2.24. The van der Waals surface area contributed by atoms with Gasteiger partial charge in [0.2, 0.25) is 0 Å². The second-order valence-corrected chi connectivity index (χ2v) is 5.09. The van der Waals surface area contributed by atoms with E-state index in [2.05, 4.69) is 16.5 Å². The summed E-state index contributed by atoms with van der Waals surface area (Å²) in [5.74, 6) is 0.695. The molecule has 0 radical (unpaired) electrons.